The maximum Gasteiger partial charge on any atom is 0.302 e. The molecule has 4 atom stereocenters. The number of rotatable bonds is 5. The van der Waals surface area contributed by atoms with Crippen LogP contribution in [0.25, 0.3) is 0 Å². The second-order valence-corrected chi connectivity index (χ2v) is 6.70. The van der Waals surface area contributed by atoms with Gasteiger partial charge in [-0.3, -0.25) is 4.79 Å². The Morgan fingerprint density at radius 2 is 1.91 bits per heavy atom. The number of carbonyl (C=O) groups excluding carboxylic acids is 1. The summed E-state index contributed by atoms with van der Waals surface area (Å²) in [6.45, 7) is 6.12. The van der Waals surface area contributed by atoms with Crippen LogP contribution in [0.3, 0.4) is 0 Å². The van der Waals surface area contributed by atoms with Gasteiger partial charge in [-0.2, -0.15) is 0 Å². The third-order valence-corrected chi connectivity index (χ3v) is 4.34. The van der Waals surface area contributed by atoms with E-state index in [-0.39, 0.29) is 30.2 Å². The predicted molar refractivity (Wildman–Crippen MR) is 83.6 cm³/mol. The zero-order valence-electron chi connectivity index (χ0n) is 13.9. The molecule has 0 radical (unpaired) electrons. The number of benzene rings is 1. The fourth-order valence-corrected chi connectivity index (χ4v) is 3.36. The highest BCUT2D eigenvalue weighted by molar-refractivity contribution is 5.65. The van der Waals surface area contributed by atoms with Crippen molar-refractivity contribution in [1.29, 1.82) is 0 Å². The Hall–Kier alpha value is -1.43. The molecule has 0 bridgehead atoms. The van der Waals surface area contributed by atoms with Crippen LogP contribution in [0.15, 0.2) is 30.3 Å². The standard InChI is InChI=1S/C18H24O5/c1-12(19)20-11-14-9-15(17-16(14)22-18(2,3)23-17)21-10-13-7-5-4-6-8-13/h4-8,14-17H,9-11H2,1-3H3/t14-,15-,16-,17+/m1/s1. The lowest BCUT2D eigenvalue weighted by atomic mass is 10.1. The van der Waals surface area contributed by atoms with Gasteiger partial charge in [-0.05, 0) is 25.8 Å². The van der Waals surface area contributed by atoms with Crippen molar-refractivity contribution in [2.75, 3.05) is 6.61 Å². The van der Waals surface area contributed by atoms with Gasteiger partial charge in [0, 0.05) is 12.8 Å². The van der Waals surface area contributed by atoms with Crippen molar-refractivity contribution >= 4 is 5.97 Å². The number of hydrogen-bond acceptors (Lipinski definition) is 5. The number of fused-ring (bicyclic) bond motifs is 1. The molecule has 1 saturated heterocycles. The predicted octanol–water partition coefficient (Wildman–Crippen LogP) is 2.67. The first-order chi connectivity index (χ1) is 10.9. The summed E-state index contributed by atoms with van der Waals surface area (Å²) in [6.07, 6.45) is 0.507. The summed E-state index contributed by atoms with van der Waals surface area (Å²) in [5.41, 5.74) is 1.13. The number of hydrogen-bond donors (Lipinski definition) is 0. The van der Waals surface area contributed by atoms with Gasteiger partial charge in [-0.1, -0.05) is 30.3 Å². The van der Waals surface area contributed by atoms with Crippen LogP contribution in [0.1, 0.15) is 32.8 Å². The van der Waals surface area contributed by atoms with E-state index >= 15 is 0 Å². The molecule has 23 heavy (non-hydrogen) atoms. The first kappa shape index (κ1) is 16.4. The Balaban J connectivity index is 1.64. The third kappa shape index (κ3) is 3.91. The lowest BCUT2D eigenvalue weighted by Gasteiger charge is -2.23. The SMILES string of the molecule is CC(=O)OC[C@H]1C[C@@H](OCc2ccccc2)[C@@H]2OC(C)(C)O[C@H]12. The number of ether oxygens (including phenoxy) is 4. The van der Waals surface area contributed by atoms with Gasteiger partial charge in [-0.25, -0.2) is 0 Å². The topological polar surface area (TPSA) is 54.0 Å². The van der Waals surface area contributed by atoms with Crippen LogP contribution in [0.4, 0.5) is 0 Å². The van der Waals surface area contributed by atoms with Crippen molar-refractivity contribution in [2.45, 2.75) is 57.9 Å². The van der Waals surface area contributed by atoms with E-state index in [0.29, 0.717) is 13.2 Å². The van der Waals surface area contributed by atoms with E-state index < -0.39 is 5.79 Å². The highest BCUT2D eigenvalue weighted by atomic mass is 16.8. The summed E-state index contributed by atoms with van der Waals surface area (Å²) in [6, 6.07) is 10.1. The fraction of sp³-hybridized carbons (Fsp3) is 0.611. The van der Waals surface area contributed by atoms with Gasteiger partial charge in [0.25, 0.3) is 0 Å². The quantitative estimate of drug-likeness (QED) is 0.781. The zero-order chi connectivity index (χ0) is 16.4. The van der Waals surface area contributed by atoms with Crippen LogP contribution in [0.2, 0.25) is 0 Å². The van der Waals surface area contributed by atoms with Crippen LogP contribution >= 0.6 is 0 Å². The molecule has 0 N–H and O–H groups in total. The minimum atomic E-state index is -0.626. The molecule has 126 valence electrons. The fourth-order valence-electron chi connectivity index (χ4n) is 3.36. The van der Waals surface area contributed by atoms with Gasteiger partial charge < -0.3 is 18.9 Å². The summed E-state index contributed by atoms with van der Waals surface area (Å²) in [5, 5.41) is 0. The molecule has 1 heterocycles. The van der Waals surface area contributed by atoms with Gasteiger partial charge in [0.1, 0.15) is 6.10 Å². The van der Waals surface area contributed by atoms with Crippen LogP contribution < -0.4 is 0 Å². The Bertz CT molecular complexity index is 542. The maximum atomic E-state index is 11.1. The highest BCUT2D eigenvalue weighted by Gasteiger charge is 2.54. The van der Waals surface area contributed by atoms with Gasteiger partial charge in [-0.15, -0.1) is 0 Å². The van der Waals surface area contributed by atoms with Gasteiger partial charge in [0.2, 0.25) is 0 Å². The van der Waals surface area contributed by atoms with E-state index in [1.165, 1.54) is 6.92 Å². The summed E-state index contributed by atoms with van der Waals surface area (Å²) in [4.78, 5) is 11.1. The van der Waals surface area contributed by atoms with E-state index in [0.717, 1.165) is 12.0 Å². The molecule has 2 fully saturated rings. The average molecular weight is 320 g/mol. The van der Waals surface area contributed by atoms with Crippen LogP contribution in [0.5, 0.6) is 0 Å². The Morgan fingerprint density at radius 1 is 1.22 bits per heavy atom. The average Bonchev–Trinajstić information content (AvgIpc) is 2.98. The lowest BCUT2D eigenvalue weighted by molar-refractivity contribution is -0.174. The Labute approximate surface area is 136 Å². The number of esters is 1. The maximum absolute atomic E-state index is 11.1. The van der Waals surface area contributed by atoms with Gasteiger partial charge >= 0.3 is 5.97 Å². The van der Waals surface area contributed by atoms with E-state index in [2.05, 4.69) is 0 Å². The summed E-state index contributed by atoms with van der Waals surface area (Å²) in [7, 11) is 0. The molecule has 2 aliphatic rings. The monoisotopic (exact) mass is 320 g/mol. The molecule has 5 heteroatoms. The van der Waals surface area contributed by atoms with E-state index in [1.54, 1.807) is 0 Å². The molecule has 0 spiro atoms. The van der Waals surface area contributed by atoms with Crippen molar-refractivity contribution < 1.29 is 23.7 Å². The molecular weight excluding hydrogens is 296 g/mol. The summed E-state index contributed by atoms with van der Waals surface area (Å²) >= 11 is 0. The van der Waals surface area contributed by atoms with Crippen LogP contribution in [0, 0.1) is 5.92 Å². The summed E-state index contributed by atoms with van der Waals surface area (Å²) in [5.74, 6) is -0.793. The normalized spacial score (nSPS) is 31.8. The molecule has 0 amide bonds. The largest absolute Gasteiger partial charge is 0.465 e. The molecule has 5 nitrogen and oxygen atoms in total. The van der Waals surface area contributed by atoms with Gasteiger partial charge in [0.05, 0.1) is 25.4 Å². The van der Waals surface area contributed by atoms with Gasteiger partial charge in [0.15, 0.2) is 5.79 Å². The number of carbonyl (C=O) groups is 1. The molecule has 0 aromatic heterocycles. The van der Waals surface area contributed by atoms with Crippen LogP contribution in [-0.2, 0) is 30.3 Å². The molecule has 0 unspecified atom stereocenters. The van der Waals surface area contributed by atoms with Crippen LogP contribution in [-0.4, -0.2) is 36.7 Å². The van der Waals surface area contributed by atoms with Crippen molar-refractivity contribution in [1.82, 2.24) is 0 Å². The Morgan fingerprint density at radius 3 is 2.61 bits per heavy atom. The Kier molecular flexibility index (Phi) is 4.71. The minimum absolute atomic E-state index is 0.0532. The molecule has 1 saturated carbocycles. The molecule has 3 rings (SSSR count). The van der Waals surface area contributed by atoms with Crippen molar-refractivity contribution in [3.05, 3.63) is 35.9 Å². The highest BCUT2D eigenvalue weighted by Crippen LogP contribution is 2.43. The molecule has 1 aliphatic carbocycles. The second kappa shape index (κ2) is 6.59. The molecular formula is C18H24O5. The van der Waals surface area contributed by atoms with Crippen molar-refractivity contribution in [3.63, 3.8) is 0 Å². The molecule has 1 aromatic carbocycles. The third-order valence-electron chi connectivity index (χ3n) is 4.34. The molecule has 1 aromatic rings. The smallest absolute Gasteiger partial charge is 0.302 e. The zero-order valence-corrected chi connectivity index (χ0v) is 13.9. The van der Waals surface area contributed by atoms with E-state index in [9.17, 15) is 4.79 Å². The van der Waals surface area contributed by atoms with E-state index in [4.69, 9.17) is 18.9 Å². The van der Waals surface area contributed by atoms with Crippen molar-refractivity contribution in [2.24, 2.45) is 5.92 Å². The van der Waals surface area contributed by atoms with Crippen molar-refractivity contribution in [3.8, 4) is 0 Å². The minimum Gasteiger partial charge on any atom is -0.465 e. The summed E-state index contributed by atoms with van der Waals surface area (Å²) < 4.78 is 23.3. The first-order valence-electron chi connectivity index (χ1n) is 8.09. The lowest BCUT2D eigenvalue weighted by Crippen LogP contribution is -2.31. The molecule has 1 aliphatic heterocycles. The van der Waals surface area contributed by atoms with E-state index in [1.807, 2.05) is 44.2 Å². The second-order valence-electron chi connectivity index (χ2n) is 6.70. The first-order valence-corrected chi connectivity index (χ1v) is 8.09.